The van der Waals surface area contributed by atoms with E-state index in [9.17, 15) is 4.79 Å². The molecule has 1 heterocycles. The normalized spacial score (nSPS) is 13.6. The summed E-state index contributed by atoms with van der Waals surface area (Å²) in [6.45, 7) is 0.434. The van der Waals surface area contributed by atoms with Crippen molar-refractivity contribution < 1.29 is 9.53 Å². The van der Waals surface area contributed by atoms with E-state index in [2.05, 4.69) is 4.98 Å². The van der Waals surface area contributed by atoms with Crippen molar-refractivity contribution >= 4 is 52.3 Å². The lowest BCUT2D eigenvalue weighted by atomic mass is 10.2. The number of hydrogen-bond acceptors (Lipinski definition) is 3. The van der Waals surface area contributed by atoms with E-state index < -0.39 is 0 Å². The second kappa shape index (κ2) is 7.58. The smallest absolute Gasteiger partial charge is 0.274 e. The van der Waals surface area contributed by atoms with Gasteiger partial charge in [-0.1, -0.05) is 58.5 Å². The molecule has 132 valence electrons. The van der Waals surface area contributed by atoms with Crippen molar-refractivity contribution in [2.24, 2.45) is 0 Å². The van der Waals surface area contributed by atoms with Gasteiger partial charge in [-0.2, -0.15) is 0 Å². The summed E-state index contributed by atoms with van der Waals surface area (Å²) in [4.78, 5) is 18.8. The standard InChI is InChI=1S/C17H14Cl4N2O2/c1-25-11-6-2-9(3-7-11)8-23(10-4-5-10)17(24)15-13(19)12(18)14(20)16(21)22-15/h2-3,6-7,10H,4-5,8H2,1H3. The van der Waals surface area contributed by atoms with Gasteiger partial charge in [0.05, 0.1) is 22.2 Å². The molecular weight excluding hydrogens is 406 g/mol. The average molecular weight is 420 g/mol. The molecule has 1 saturated carbocycles. The van der Waals surface area contributed by atoms with Crippen molar-refractivity contribution in [3.05, 3.63) is 55.7 Å². The Morgan fingerprint density at radius 1 is 1.12 bits per heavy atom. The van der Waals surface area contributed by atoms with Crippen molar-refractivity contribution in [3.63, 3.8) is 0 Å². The number of methoxy groups -OCH3 is 1. The lowest BCUT2D eigenvalue weighted by Crippen LogP contribution is -2.33. The molecule has 4 nitrogen and oxygen atoms in total. The number of carbonyl (C=O) groups is 1. The largest absolute Gasteiger partial charge is 0.497 e. The molecule has 0 bridgehead atoms. The number of hydrogen-bond donors (Lipinski definition) is 0. The van der Waals surface area contributed by atoms with Crippen molar-refractivity contribution in [2.45, 2.75) is 25.4 Å². The van der Waals surface area contributed by atoms with Gasteiger partial charge in [-0.05, 0) is 30.5 Å². The summed E-state index contributed by atoms with van der Waals surface area (Å²) in [7, 11) is 1.61. The number of amides is 1. The Hall–Kier alpha value is -1.20. The third-order valence-corrected chi connectivity index (χ3v) is 5.63. The zero-order valence-corrected chi connectivity index (χ0v) is 16.3. The fourth-order valence-corrected chi connectivity index (χ4v) is 3.25. The maximum Gasteiger partial charge on any atom is 0.274 e. The van der Waals surface area contributed by atoms with E-state index >= 15 is 0 Å². The molecule has 25 heavy (non-hydrogen) atoms. The highest BCUT2D eigenvalue weighted by Crippen LogP contribution is 2.38. The van der Waals surface area contributed by atoms with Gasteiger partial charge in [-0.15, -0.1) is 0 Å². The number of aromatic nitrogens is 1. The predicted octanol–water partition coefficient (Wildman–Crippen LogP) is 5.51. The minimum atomic E-state index is -0.316. The van der Waals surface area contributed by atoms with E-state index in [1.54, 1.807) is 12.0 Å². The van der Waals surface area contributed by atoms with Crippen LogP contribution in [-0.2, 0) is 6.54 Å². The Labute approximate surface area is 165 Å². The molecule has 0 spiro atoms. The Morgan fingerprint density at radius 3 is 2.32 bits per heavy atom. The van der Waals surface area contributed by atoms with E-state index in [-0.39, 0.29) is 37.9 Å². The number of rotatable bonds is 5. The Kier molecular flexibility index (Phi) is 5.64. The van der Waals surface area contributed by atoms with Crippen LogP contribution >= 0.6 is 46.4 Å². The first kappa shape index (κ1) is 18.6. The van der Waals surface area contributed by atoms with Gasteiger partial charge in [0.15, 0.2) is 0 Å². The second-order valence-electron chi connectivity index (χ2n) is 5.71. The Morgan fingerprint density at radius 2 is 1.76 bits per heavy atom. The summed E-state index contributed by atoms with van der Waals surface area (Å²) in [6, 6.07) is 7.69. The number of benzene rings is 1. The van der Waals surface area contributed by atoms with Crippen LogP contribution in [0.4, 0.5) is 0 Å². The number of halogens is 4. The van der Waals surface area contributed by atoms with Crippen LogP contribution in [0.5, 0.6) is 5.75 Å². The van der Waals surface area contributed by atoms with Gasteiger partial charge >= 0.3 is 0 Å². The highest BCUT2D eigenvalue weighted by atomic mass is 35.5. The molecular formula is C17H14Cl4N2O2. The molecule has 1 aromatic carbocycles. The maximum atomic E-state index is 13.0. The summed E-state index contributed by atoms with van der Waals surface area (Å²) >= 11 is 24.1. The molecule has 0 atom stereocenters. The highest BCUT2D eigenvalue weighted by Gasteiger charge is 2.35. The van der Waals surface area contributed by atoms with Crippen LogP contribution in [0, 0.1) is 0 Å². The lowest BCUT2D eigenvalue weighted by molar-refractivity contribution is 0.0724. The first-order chi connectivity index (χ1) is 11.9. The zero-order chi connectivity index (χ0) is 18.1. The molecule has 0 N–H and O–H groups in total. The summed E-state index contributed by atoms with van der Waals surface area (Å²) in [5.41, 5.74) is 0.991. The Bertz CT molecular complexity index is 807. The molecule has 1 fully saturated rings. The summed E-state index contributed by atoms with van der Waals surface area (Å²) in [5.74, 6) is 0.442. The van der Waals surface area contributed by atoms with E-state index in [0.29, 0.717) is 6.54 Å². The predicted molar refractivity (Wildman–Crippen MR) is 100 cm³/mol. The Balaban J connectivity index is 1.89. The molecule has 2 aromatic rings. The second-order valence-corrected chi connectivity index (χ2v) is 7.20. The summed E-state index contributed by atoms with van der Waals surface area (Å²) < 4.78 is 5.15. The van der Waals surface area contributed by atoms with Gasteiger partial charge in [0.25, 0.3) is 5.91 Å². The minimum Gasteiger partial charge on any atom is -0.497 e. The van der Waals surface area contributed by atoms with Crippen LogP contribution in [0.1, 0.15) is 28.9 Å². The van der Waals surface area contributed by atoms with Crippen LogP contribution < -0.4 is 4.74 Å². The number of pyridine rings is 1. The lowest BCUT2D eigenvalue weighted by Gasteiger charge is -2.23. The third-order valence-electron chi connectivity index (χ3n) is 3.95. The molecule has 0 saturated heterocycles. The van der Waals surface area contributed by atoms with Gasteiger partial charge in [-0.25, -0.2) is 4.98 Å². The monoisotopic (exact) mass is 418 g/mol. The summed E-state index contributed by atoms with van der Waals surface area (Å²) in [5, 5.41) is 0.0472. The molecule has 1 amide bonds. The van der Waals surface area contributed by atoms with Crippen LogP contribution in [0.25, 0.3) is 0 Å². The van der Waals surface area contributed by atoms with Crippen molar-refractivity contribution in [2.75, 3.05) is 7.11 Å². The van der Waals surface area contributed by atoms with Gasteiger partial charge < -0.3 is 9.64 Å². The van der Waals surface area contributed by atoms with Crippen LogP contribution in [-0.4, -0.2) is 28.9 Å². The molecule has 1 aromatic heterocycles. The van der Waals surface area contributed by atoms with Crippen LogP contribution in [0.3, 0.4) is 0 Å². The SMILES string of the molecule is COc1ccc(CN(C(=O)c2nc(Cl)c(Cl)c(Cl)c2Cl)C2CC2)cc1. The molecule has 0 radical (unpaired) electrons. The summed E-state index contributed by atoms with van der Waals surface area (Å²) in [6.07, 6.45) is 1.88. The minimum absolute atomic E-state index is 0.0152. The fraction of sp³-hybridized carbons (Fsp3) is 0.294. The molecule has 8 heteroatoms. The van der Waals surface area contributed by atoms with Crippen LogP contribution in [0.2, 0.25) is 20.2 Å². The fourth-order valence-electron chi connectivity index (χ4n) is 2.45. The van der Waals surface area contributed by atoms with Crippen molar-refractivity contribution in [1.82, 2.24) is 9.88 Å². The molecule has 0 aliphatic heterocycles. The first-order valence-corrected chi connectivity index (χ1v) is 9.07. The average Bonchev–Trinajstić information content (AvgIpc) is 3.46. The van der Waals surface area contributed by atoms with E-state index in [0.717, 1.165) is 24.2 Å². The van der Waals surface area contributed by atoms with Gasteiger partial charge in [-0.3, -0.25) is 4.79 Å². The van der Waals surface area contributed by atoms with Crippen LogP contribution in [0.15, 0.2) is 24.3 Å². The molecule has 3 rings (SSSR count). The third kappa shape index (κ3) is 3.98. The van der Waals surface area contributed by atoms with Gasteiger partial charge in [0.1, 0.15) is 16.6 Å². The zero-order valence-electron chi connectivity index (χ0n) is 13.2. The first-order valence-electron chi connectivity index (χ1n) is 7.56. The topological polar surface area (TPSA) is 42.4 Å². The number of nitrogens with zero attached hydrogens (tertiary/aromatic N) is 2. The maximum absolute atomic E-state index is 13.0. The van der Waals surface area contributed by atoms with Gasteiger partial charge in [0.2, 0.25) is 0 Å². The van der Waals surface area contributed by atoms with Gasteiger partial charge in [0, 0.05) is 12.6 Å². The quantitative estimate of drug-likeness (QED) is 0.600. The van der Waals surface area contributed by atoms with Crippen molar-refractivity contribution in [3.8, 4) is 5.75 Å². The molecule has 1 aliphatic rings. The van der Waals surface area contributed by atoms with E-state index in [4.69, 9.17) is 51.1 Å². The highest BCUT2D eigenvalue weighted by molar-refractivity contribution is 6.52. The number of carbonyl (C=O) groups excluding carboxylic acids is 1. The molecule has 0 unspecified atom stereocenters. The van der Waals surface area contributed by atoms with E-state index in [1.165, 1.54) is 0 Å². The van der Waals surface area contributed by atoms with E-state index in [1.807, 2.05) is 24.3 Å². The number of ether oxygens (including phenoxy) is 1. The molecule has 1 aliphatic carbocycles. The van der Waals surface area contributed by atoms with Crippen molar-refractivity contribution in [1.29, 1.82) is 0 Å².